The molecule has 0 saturated carbocycles. The maximum atomic E-state index is 12.3. The first-order valence-corrected chi connectivity index (χ1v) is 13.7. The van der Waals surface area contributed by atoms with E-state index in [4.69, 9.17) is 9.47 Å². The zero-order chi connectivity index (χ0) is 26.6. The third-order valence-electron chi connectivity index (χ3n) is 5.78. The van der Waals surface area contributed by atoms with E-state index < -0.39 is 17.0 Å². The van der Waals surface area contributed by atoms with Crippen LogP contribution in [0.15, 0.2) is 71.6 Å². The molecule has 3 aromatic rings. The number of aromatic hydroxyl groups is 1. The van der Waals surface area contributed by atoms with Crippen molar-refractivity contribution in [3.05, 3.63) is 89.0 Å². The molecule has 0 saturated heterocycles. The van der Waals surface area contributed by atoms with Crippen LogP contribution in [0.25, 0.3) is 0 Å². The van der Waals surface area contributed by atoms with Crippen LogP contribution in [0.5, 0.6) is 11.5 Å². The molecule has 0 spiro atoms. The predicted molar refractivity (Wildman–Crippen MR) is 145 cm³/mol. The van der Waals surface area contributed by atoms with Crippen LogP contribution >= 0.6 is 0 Å². The first kappa shape index (κ1) is 28.8. The molecule has 37 heavy (non-hydrogen) atoms. The highest BCUT2D eigenvalue weighted by molar-refractivity contribution is 7.85. The van der Waals surface area contributed by atoms with Crippen molar-refractivity contribution in [3.8, 4) is 11.5 Å². The van der Waals surface area contributed by atoms with Gasteiger partial charge in [0.2, 0.25) is 0 Å². The highest BCUT2D eigenvalue weighted by Crippen LogP contribution is 2.19. The van der Waals surface area contributed by atoms with E-state index in [0.717, 1.165) is 33.8 Å². The molecule has 3 rings (SSSR count). The van der Waals surface area contributed by atoms with Gasteiger partial charge in [0.1, 0.15) is 24.3 Å². The molecule has 0 aliphatic rings. The summed E-state index contributed by atoms with van der Waals surface area (Å²) < 4.78 is 23.7. The number of aliphatic hydroxyl groups is 2. The van der Waals surface area contributed by atoms with E-state index in [1.165, 1.54) is 6.07 Å². The molecule has 3 aromatic carbocycles. The van der Waals surface area contributed by atoms with Crippen molar-refractivity contribution in [1.82, 2.24) is 5.32 Å². The van der Waals surface area contributed by atoms with E-state index in [9.17, 15) is 19.5 Å². The van der Waals surface area contributed by atoms with Gasteiger partial charge in [-0.1, -0.05) is 44.2 Å². The molecule has 0 radical (unpaired) electrons. The minimum Gasteiger partial charge on any atom is -0.508 e. The summed E-state index contributed by atoms with van der Waals surface area (Å²) in [5.41, 5.74) is 3.40. The summed E-state index contributed by atoms with van der Waals surface area (Å²) in [5, 5.41) is 32.3. The molecule has 2 unspecified atom stereocenters. The number of phenols is 1. The number of aliphatic hydroxyl groups excluding tert-OH is 2. The van der Waals surface area contributed by atoms with E-state index in [2.05, 4.69) is 5.32 Å². The van der Waals surface area contributed by atoms with E-state index in [0.29, 0.717) is 38.3 Å². The lowest BCUT2D eigenvalue weighted by atomic mass is 10.1. The first-order chi connectivity index (χ1) is 17.9. The van der Waals surface area contributed by atoms with Crippen LogP contribution in [-0.4, -0.2) is 50.8 Å². The quantitative estimate of drug-likeness (QED) is 0.176. The fraction of sp³-hybridized carbons (Fsp3) is 0.379. The second kappa shape index (κ2) is 14.9. The summed E-state index contributed by atoms with van der Waals surface area (Å²) in [7, 11) is -1.01. The Morgan fingerprint density at radius 2 is 1.70 bits per heavy atom. The van der Waals surface area contributed by atoms with E-state index in [1.807, 2.05) is 62.4 Å². The lowest BCUT2D eigenvalue weighted by Gasteiger charge is -2.14. The molecule has 8 heteroatoms. The van der Waals surface area contributed by atoms with Gasteiger partial charge in [0.05, 0.1) is 30.6 Å². The van der Waals surface area contributed by atoms with Gasteiger partial charge >= 0.3 is 0 Å². The Labute approximate surface area is 221 Å². The van der Waals surface area contributed by atoms with Crippen molar-refractivity contribution >= 4 is 10.8 Å². The number of nitrogens with one attached hydrogen (secondary N) is 1. The van der Waals surface area contributed by atoms with Gasteiger partial charge in [-0.2, -0.15) is 0 Å². The number of hydrogen-bond donors (Lipinski definition) is 4. The van der Waals surface area contributed by atoms with Gasteiger partial charge in [0.15, 0.2) is 0 Å². The molecule has 0 heterocycles. The van der Waals surface area contributed by atoms with Crippen LogP contribution < -0.4 is 10.1 Å². The predicted octanol–water partition coefficient (Wildman–Crippen LogP) is 3.69. The van der Waals surface area contributed by atoms with E-state index >= 15 is 0 Å². The van der Waals surface area contributed by atoms with Gasteiger partial charge in [-0.05, 0) is 59.5 Å². The molecule has 0 aromatic heterocycles. The fourth-order valence-electron chi connectivity index (χ4n) is 3.76. The van der Waals surface area contributed by atoms with Gasteiger partial charge in [-0.25, -0.2) is 0 Å². The standard InChI is InChI=1S/C29H37NO6S/c1-21(2)37(34)27-5-3-4-24(17-27)20-35-14-15-36-26-9-6-22(7-10-26)12-13-30-29(33)18-23-8-11-28(32)25(16-23)19-31/h3-11,16-17,21,29-33H,12-15,18-20H2,1-2H3. The minimum atomic E-state index is -1.01. The van der Waals surface area contributed by atoms with Crippen molar-refractivity contribution in [2.45, 2.75) is 56.3 Å². The molecular weight excluding hydrogens is 490 g/mol. The molecule has 0 aliphatic carbocycles. The van der Waals surface area contributed by atoms with Crippen molar-refractivity contribution in [1.29, 1.82) is 0 Å². The van der Waals surface area contributed by atoms with Gasteiger partial charge in [0.25, 0.3) is 0 Å². The Balaban J connectivity index is 1.32. The smallest absolute Gasteiger partial charge is 0.121 e. The maximum absolute atomic E-state index is 12.3. The van der Waals surface area contributed by atoms with Crippen molar-refractivity contribution < 1.29 is 29.0 Å². The van der Waals surface area contributed by atoms with Crippen molar-refractivity contribution in [2.75, 3.05) is 19.8 Å². The third kappa shape index (κ3) is 9.57. The maximum Gasteiger partial charge on any atom is 0.121 e. The van der Waals surface area contributed by atoms with Gasteiger partial charge in [-0.15, -0.1) is 0 Å². The highest BCUT2D eigenvalue weighted by Gasteiger charge is 2.09. The summed E-state index contributed by atoms with van der Waals surface area (Å²) in [6.07, 6.45) is 0.405. The topological polar surface area (TPSA) is 108 Å². The number of rotatable bonds is 15. The Hall–Kier alpha value is -2.75. The zero-order valence-corrected chi connectivity index (χ0v) is 22.2. The monoisotopic (exact) mass is 527 g/mol. The van der Waals surface area contributed by atoms with Crippen LogP contribution in [0.1, 0.15) is 36.1 Å². The molecule has 0 fully saturated rings. The lowest BCUT2D eigenvalue weighted by Crippen LogP contribution is -2.32. The second-order valence-electron chi connectivity index (χ2n) is 9.08. The SMILES string of the molecule is CC(C)S(=O)c1cccc(COCCOc2ccc(CCNC(O)Cc3ccc(O)c(CO)c3)cc2)c1. The molecule has 2 atom stereocenters. The van der Waals surface area contributed by atoms with E-state index in [-0.39, 0.29) is 17.6 Å². The largest absolute Gasteiger partial charge is 0.508 e. The molecule has 0 aliphatic heterocycles. The summed E-state index contributed by atoms with van der Waals surface area (Å²) in [6.45, 7) is 5.57. The normalized spacial score (nSPS) is 13.0. The fourth-order valence-corrected chi connectivity index (χ4v) is 4.79. The molecular formula is C29H37NO6S. The van der Waals surface area contributed by atoms with Crippen LogP contribution in [0.4, 0.5) is 0 Å². The number of hydrogen-bond acceptors (Lipinski definition) is 7. The molecule has 7 nitrogen and oxygen atoms in total. The average Bonchev–Trinajstić information content (AvgIpc) is 2.90. The molecule has 200 valence electrons. The summed E-state index contributed by atoms with van der Waals surface area (Å²) in [6, 6.07) is 20.5. The lowest BCUT2D eigenvalue weighted by molar-refractivity contribution is 0.0888. The van der Waals surface area contributed by atoms with Gasteiger partial charge in [-0.3, -0.25) is 9.53 Å². The highest BCUT2D eigenvalue weighted by atomic mass is 32.2. The summed E-state index contributed by atoms with van der Waals surface area (Å²) >= 11 is 0. The van der Waals surface area contributed by atoms with Crippen LogP contribution in [-0.2, 0) is 41.6 Å². The molecule has 0 amide bonds. The number of ether oxygens (including phenoxy) is 2. The van der Waals surface area contributed by atoms with Gasteiger partial charge in [0, 0.05) is 28.7 Å². The second-order valence-corrected chi connectivity index (χ2v) is 11.1. The Kier molecular flexibility index (Phi) is 11.6. The molecule has 0 bridgehead atoms. The van der Waals surface area contributed by atoms with Crippen molar-refractivity contribution in [3.63, 3.8) is 0 Å². The minimum absolute atomic E-state index is 0.0520. The Morgan fingerprint density at radius 3 is 2.43 bits per heavy atom. The van der Waals surface area contributed by atoms with Crippen LogP contribution in [0.3, 0.4) is 0 Å². The summed E-state index contributed by atoms with van der Waals surface area (Å²) in [4.78, 5) is 0.825. The summed E-state index contributed by atoms with van der Waals surface area (Å²) in [5.74, 6) is 0.817. The van der Waals surface area contributed by atoms with Gasteiger partial charge < -0.3 is 24.8 Å². The molecule has 4 N–H and O–H groups in total. The van der Waals surface area contributed by atoms with Crippen molar-refractivity contribution in [2.24, 2.45) is 0 Å². The van der Waals surface area contributed by atoms with E-state index in [1.54, 1.807) is 12.1 Å². The average molecular weight is 528 g/mol. The Bertz CT molecular complexity index is 1140. The zero-order valence-electron chi connectivity index (χ0n) is 21.4. The first-order valence-electron chi connectivity index (χ1n) is 12.5. The Morgan fingerprint density at radius 1 is 0.946 bits per heavy atom. The van der Waals surface area contributed by atoms with Crippen LogP contribution in [0.2, 0.25) is 0 Å². The number of benzene rings is 3. The van der Waals surface area contributed by atoms with Crippen LogP contribution in [0, 0.1) is 0 Å². The third-order valence-corrected chi connectivity index (χ3v) is 7.36.